The largest absolute Gasteiger partial charge is 0.454 e. The number of halogens is 3. The Morgan fingerprint density at radius 1 is 1.50 bits per heavy atom. The van der Waals surface area contributed by atoms with Crippen LogP contribution in [-0.4, -0.2) is 35.0 Å². The lowest BCUT2D eigenvalue weighted by molar-refractivity contribution is -0.0885. The predicted molar refractivity (Wildman–Crippen MR) is 58.3 cm³/mol. The van der Waals surface area contributed by atoms with Crippen molar-refractivity contribution in [3.63, 3.8) is 0 Å². The van der Waals surface area contributed by atoms with Gasteiger partial charge in [0.25, 0.3) is 5.78 Å². The van der Waals surface area contributed by atoms with Crippen molar-refractivity contribution in [3.8, 4) is 0 Å². The molecule has 0 spiro atoms. The van der Waals surface area contributed by atoms with Gasteiger partial charge in [-0.25, -0.2) is 0 Å². The average molecular weight is 264 g/mol. The number of hydrogen-bond acceptors (Lipinski definition) is 3. The first kappa shape index (κ1) is 14.7. The molecule has 0 aliphatic rings. The summed E-state index contributed by atoms with van der Waals surface area (Å²) in [6.45, 7) is 5.23. The number of carbonyl (C=O) groups excluding carboxylic acids is 1. The van der Waals surface area contributed by atoms with Crippen molar-refractivity contribution in [2.24, 2.45) is 5.92 Å². The van der Waals surface area contributed by atoms with Gasteiger partial charge < -0.3 is 4.74 Å². The molecule has 0 amide bonds. The molecule has 4 nitrogen and oxygen atoms in total. The monoisotopic (exact) mass is 264 g/mol. The summed E-state index contributed by atoms with van der Waals surface area (Å²) in [4.78, 5) is 10.9. The number of ether oxygens (including phenoxy) is 1. The summed E-state index contributed by atoms with van der Waals surface area (Å²) < 4.78 is 42.9. The average Bonchev–Trinajstić information content (AvgIpc) is 2.70. The van der Waals surface area contributed by atoms with Crippen LogP contribution in [0.3, 0.4) is 0 Å². The maximum Gasteiger partial charge on any atom is 0.454 e. The molecule has 0 bridgehead atoms. The van der Waals surface area contributed by atoms with Crippen molar-refractivity contribution < 1.29 is 22.7 Å². The van der Waals surface area contributed by atoms with Gasteiger partial charge in [-0.2, -0.15) is 18.3 Å². The molecule has 0 aromatic carbocycles. The molecule has 18 heavy (non-hydrogen) atoms. The van der Waals surface area contributed by atoms with Gasteiger partial charge in [-0.3, -0.25) is 9.48 Å². The standard InChI is InChI=1S/C11H15F3N2O2/c1-8(2)7-18-4-3-16-6-9(5-15-16)10(17)11(12,13)14/h5-6,8H,3-4,7H2,1-2H3. The van der Waals surface area contributed by atoms with E-state index in [1.54, 1.807) is 0 Å². The molecule has 0 N–H and O–H groups in total. The van der Waals surface area contributed by atoms with Crippen molar-refractivity contribution >= 4 is 5.78 Å². The third-order valence-electron chi connectivity index (χ3n) is 2.07. The number of rotatable bonds is 6. The summed E-state index contributed by atoms with van der Waals surface area (Å²) in [5.74, 6) is -1.48. The van der Waals surface area contributed by atoms with Crippen molar-refractivity contribution in [1.29, 1.82) is 0 Å². The summed E-state index contributed by atoms with van der Waals surface area (Å²) in [6, 6.07) is 0. The predicted octanol–water partition coefficient (Wildman–Crippen LogP) is 2.30. The highest BCUT2D eigenvalue weighted by Crippen LogP contribution is 2.20. The number of ketones is 1. The maximum atomic E-state index is 12.1. The highest BCUT2D eigenvalue weighted by atomic mass is 19.4. The van der Waals surface area contributed by atoms with E-state index in [2.05, 4.69) is 5.10 Å². The normalized spacial score (nSPS) is 12.1. The SMILES string of the molecule is CC(C)COCCn1cc(C(=O)C(F)(F)F)cn1. The van der Waals surface area contributed by atoms with Crippen LogP contribution in [0.4, 0.5) is 13.2 Å². The molecule has 1 aromatic rings. The van der Waals surface area contributed by atoms with Crippen molar-refractivity contribution in [3.05, 3.63) is 18.0 Å². The first-order valence-electron chi connectivity index (χ1n) is 5.52. The van der Waals surface area contributed by atoms with E-state index in [9.17, 15) is 18.0 Å². The molecule has 102 valence electrons. The number of Topliss-reactive ketones (excluding diaryl/α,β-unsaturated/α-hetero) is 1. The van der Waals surface area contributed by atoms with Crippen LogP contribution in [0.2, 0.25) is 0 Å². The molecule has 0 radical (unpaired) electrons. The van der Waals surface area contributed by atoms with Crippen LogP contribution >= 0.6 is 0 Å². The van der Waals surface area contributed by atoms with Gasteiger partial charge in [0.15, 0.2) is 0 Å². The van der Waals surface area contributed by atoms with Gasteiger partial charge in [0, 0.05) is 12.8 Å². The summed E-state index contributed by atoms with van der Waals surface area (Å²) in [5.41, 5.74) is -0.452. The lowest BCUT2D eigenvalue weighted by Crippen LogP contribution is -2.22. The highest BCUT2D eigenvalue weighted by Gasteiger charge is 2.39. The second kappa shape index (κ2) is 5.99. The Balaban J connectivity index is 2.46. The summed E-state index contributed by atoms with van der Waals surface area (Å²) in [6.07, 6.45) is -2.87. The number of hydrogen-bond donors (Lipinski definition) is 0. The van der Waals surface area contributed by atoms with E-state index in [1.807, 2.05) is 13.8 Å². The van der Waals surface area contributed by atoms with Gasteiger partial charge in [0.1, 0.15) is 0 Å². The third kappa shape index (κ3) is 4.48. The number of alkyl halides is 3. The van der Waals surface area contributed by atoms with Crippen LogP contribution in [0.25, 0.3) is 0 Å². The lowest BCUT2D eigenvalue weighted by Gasteiger charge is -2.06. The van der Waals surface area contributed by atoms with Crippen LogP contribution in [0, 0.1) is 5.92 Å². The van der Waals surface area contributed by atoms with E-state index in [-0.39, 0.29) is 0 Å². The van der Waals surface area contributed by atoms with E-state index in [0.717, 1.165) is 12.4 Å². The molecule has 0 saturated heterocycles. The van der Waals surface area contributed by atoms with Gasteiger partial charge in [-0.15, -0.1) is 0 Å². The van der Waals surface area contributed by atoms with E-state index in [4.69, 9.17) is 4.74 Å². The molecular formula is C11H15F3N2O2. The maximum absolute atomic E-state index is 12.1. The Morgan fingerprint density at radius 2 is 2.17 bits per heavy atom. The summed E-state index contributed by atoms with van der Waals surface area (Å²) in [5, 5.41) is 3.68. The fourth-order valence-corrected chi connectivity index (χ4v) is 1.24. The minimum atomic E-state index is -4.86. The van der Waals surface area contributed by atoms with Gasteiger partial charge >= 0.3 is 6.18 Å². The Labute approximate surface area is 103 Å². The summed E-state index contributed by atoms with van der Waals surface area (Å²) in [7, 11) is 0. The zero-order valence-electron chi connectivity index (χ0n) is 10.2. The molecule has 0 saturated carbocycles. The van der Waals surface area contributed by atoms with Crippen LogP contribution in [0.15, 0.2) is 12.4 Å². The highest BCUT2D eigenvalue weighted by molar-refractivity contribution is 5.99. The second-order valence-corrected chi connectivity index (χ2v) is 4.29. The zero-order valence-corrected chi connectivity index (χ0v) is 10.2. The van der Waals surface area contributed by atoms with Crippen molar-refractivity contribution in [1.82, 2.24) is 9.78 Å². The smallest absolute Gasteiger partial charge is 0.379 e. The molecule has 1 heterocycles. The molecule has 1 rings (SSSR count). The van der Waals surface area contributed by atoms with E-state index < -0.39 is 17.5 Å². The topological polar surface area (TPSA) is 44.1 Å². The fraction of sp³-hybridized carbons (Fsp3) is 0.636. The van der Waals surface area contributed by atoms with Crippen LogP contribution < -0.4 is 0 Å². The van der Waals surface area contributed by atoms with Gasteiger partial charge in [0.05, 0.1) is 24.9 Å². The molecule has 0 fully saturated rings. The number of aromatic nitrogens is 2. The second-order valence-electron chi connectivity index (χ2n) is 4.29. The van der Waals surface area contributed by atoms with Crippen LogP contribution in [0.1, 0.15) is 24.2 Å². The van der Waals surface area contributed by atoms with Crippen molar-refractivity contribution in [2.75, 3.05) is 13.2 Å². The lowest BCUT2D eigenvalue weighted by atomic mass is 10.2. The molecule has 7 heteroatoms. The molecule has 0 unspecified atom stereocenters. The number of carbonyl (C=O) groups is 1. The Kier molecular flexibility index (Phi) is 4.89. The summed E-state index contributed by atoms with van der Waals surface area (Å²) >= 11 is 0. The quantitative estimate of drug-likeness (QED) is 0.585. The molecule has 0 atom stereocenters. The van der Waals surface area contributed by atoms with E-state index in [0.29, 0.717) is 25.7 Å². The van der Waals surface area contributed by atoms with Crippen LogP contribution in [0.5, 0.6) is 0 Å². The number of nitrogens with zero attached hydrogens (tertiary/aromatic N) is 2. The van der Waals surface area contributed by atoms with Gasteiger partial charge in [-0.05, 0) is 5.92 Å². The minimum Gasteiger partial charge on any atom is -0.379 e. The molecule has 1 aromatic heterocycles. The zero-order chi connectivity index (χ0) is 13.8. The Hall–Kier alpha value is -1.37. The molecule has 0 aliphatic heterocycles. The molecule has 0 aliphatic carbocycles. The Morgan fingerprint density at radius 3 is 2.72 bits per heavy atom. The van der Waals surface area contributed by atoms with Crippen molar-refractivity contribution in [2.45, 2.75) is 26.6 Å². The minimum absolute atomic E-state index is 0.317. The Bertz CT molecular complexity index is 399. The van der Waals surface area contributed by atoms with Crippen LogP contribution in [-0.2, 0) is 11.3 Å². The van der Waals surface area contributed by atoms with Gasteiger partial charge in [0.2, 0.25) is 0 Å². The van der Waals surface area contributed by atoms with Gasteiger partial charge in [-0.1, -0.05) is 13.8 Å². The molecular weight excluding hydrogens is 249 g/mol. The first-order chi connectivity index (χ1) is 8.30. The first-order valence-corrected chi connectivity index (χ1v) is 5.52. The van der Waals surface area contributed by atoms with E-state index >= 15 is 0 Å². The van der Waals surface area contributed by atoms with E-state index in [1.165, 1.54) is 4.68 Å². The fourth-order valence-electron chi connectivity index (χ4n) is 1.24. The third-order valence-corrected chi connectivity index (χ3v) is 2.07.